The summed E-state index contributed by atoms with van der Waals surface area (Å²) in [6, 6.07) is 5.18. The number of halogens is 2. The van der Waals surface area contributed by atoms with Crippen LogP contribution in [-0.2, 0) is 4.79 Å². The number of aliphatic hydroxyl groups is 2. The van der Waals surface area contributed by atoms with Crippen LogP contribution in [0.15, 0.2) is 18.2 Å². The third-order valence-corrected chi connectivity index (χ3v) is 5.53. The fourth-order valence-electron chi connectivity index (χ4n) is 3.39. The van der Waals surface area contributed by atoms with Crippen LogP contribution >= 0.6 is 23.2 Å². The average Bonchev–Trinajstić information content (AvgIpc) is 2.90. The third kappa shape index (κ3) is 3.97. The number of piperidine rings is 1. The van der Waals surface area contributed by atoms with Crippen molar-refractivity contribution in [1.82, 2.24) is 4.90 Å². The van der Waals surface area contributed by atoms with Gasteiger partial charge in [-0.25, -0.2) is 0 Å². The van der Waals surface area contributed by atoms with Gasteiger partial charge in [-0.05, 0) is 25.0 Å². The second kappa shape index (κ2) is 7.48. The molecule has 5 nitrogen and oxygen atoms in total. The van der Waals surface area contributed by atoms with Crippen molar-refractivity contribution in [3.63, 3.8) is 0 Å². The van der Waals surface area contributed by atoms with Crippen LogP contribution < -0.4 is 4.74 Å². The Hall–Kier alpha value is -1.01. The molecule has 1 heterocycles. The summed E-state index contributed by atoms with van der Waals surface area (Å²) in [5.41, 5.74) is 0. The molecule has 1 amide bonds. The van der Waals surface area contributed by atoms with Crippen molar-refractivity contribution >= 4 is 29.1 Å². The number of carbonyl (C=O) groups is 1. The van der Waals surface area contributed by atoms with Gasteiger partial charge < -0.3 is 19.8 Å². The number of nitrogens with zero attached hydrogens (tertiary/aromatic N) is 1. The highest BCUT2D eigenvalue weighted by Crippen LogP contribution is 2.30. The second-order valence-corrected chi connectivity index (χ2v) is 7.34. The molecule has 0 aromatic heterocycles. The zero-order valence-corrected chi connectivity index (χ0v) is 14.7. The van der Waals surface area contributed by atoms with Gasteiger partial charge in [0.05, 0.1) is 22.3 Å². The zero-order valence-electron chi connectivity index (χ0n) is 13.2. The van der Waals surface area contributed by atoms with Gasteiger partial charge in [-0.2, -0.15) is 0 Å². The molecule has 1 aliphatic carbocycles. The van der Waals surface area contributed by atoms with Gasteiger partial charge in [0.2, 0.25) is 5.91 Å². The molecule has 1 aromatic rings. The van der Waals surface area contributed by atoms with Gasteiger partial charge in [0, 0.05) is 37.9 Å². The highest BCUT2D eigenvalue weighted by atomic mass is 35.5. The maximum Gasteiger partial charge on any atom is 0.225 e. The fourth-order valence-corrected chi connectivity index (χ4v) is 3.68. The predicted molar refractivity (Wildman–Crippen MR) is 91.4 cm³/mol. The largest absolute Gasteiger partial charge is 0.490 e. The van der Waals surface area contributed by atoms with Crippen LogP contribution in [-0.4, -0.2) is 52.4 Å². The molecule has 7 heteroatoms. The number of rotatable bonds is 3. The Morgan fingerprint density at radius 1 is 1.08 bits per heavy atom. The van der Waals surface area contributed by atoms with Crippen LogP contribution in [0.2, 0.25) is 10.0 Å². The first-order valence-corrected chi connectivity index (χ1v) is 8.96. The number of carbonyl (C=O) groups excluding carboxylic acids is 1. The quantitative estimate of drug-likeness (QED) is 0.853. The number of aliphatic hydroxyl groups excluding tert-OH is 2. The summed E-state index contributed by atoms with van der Waals surface area (Å²) >= 11 is 11.9. The van der Waals surface area contributed by atoms with Gasteiger partial charge in [-0.15, -0.1) is 0 Å². The lowest BCUT2D eigenvalue weighted by molar-refractivity contribution is -0.137. The van der Waals surface area contributed by atoms with E-state index in [1.54, 1.807) is 18.2 Å². The smallest absolute Gasteiger partial charge is 0.225 e. The van der Waals surface area contributed by atoms with Crippen LogP contribution in [0.4, 0.5) is 0 Å². The Labute approximate surface area is 151 Å². The van der Waals surface area contributed by atoms with Crippen molar-refractivity contribution in [2.75, 3.05) is 13.1 Å². The monoisotopic (exact) mass is 373 g/mol. The average molecular weight is 374 g/mol. The highest BCUT2D eigenvalue weighted by molar-refractivity contribution is 6.42. The molecule has 1 aromatic carbocycles. The summed E-state index contributed by atoms with van der Waals surface area (Å²) in [6.07, 6.45) is 0.641. The molecular weight excluding hydrogens is 353 g/mol. The summed E-state index contributed by atoms with van der Waals surface area (Å²) in [6.45, 7) is 1.24. The predicted octanol–water partition coefficient (Wildman–Crippen LogP) is 2.50. The molecule has 3 rings (SSSR count). The molecule has 0 radical (unpaired) electrons. The molecule has 1 saturated heterocycles. The van der Waals surface area contributed by atoms with Crippen molar-refractivity contribution in [3.8, 4) is 5.75 Å². The maximum absolute atomic E-state index is 12.5. The van der Waals surface area contributed by atoms with Crippen molar-refractivity contribution in [1.29, 1.82) is 0 Å². The molecule has 132 valence electrons. The first-order chi connectivity index (χ1) is 11.4. The Bertz CT molecular complexity index is 594. The van der Waals surface area contributed by atoms with E-state index in [4.69, 9.17) is 27.9 Å². The minimum atomic E-state index is -0.783. The third-order valence-electron chi connectivity index (χ3n) is 4.79. The molecule has 2 aliphatic rings. The van der Waals surface area contributed by atoms with Gasteiger partial charge in [0.25, 0.3) is 0 Å². The normalized spacial score (nSPS) is 25.9. The number of ether oxygens (including phenoxy) is 1. The highest BCUT2D eigenvalue weighted by Gasteiger charge is 2.38. The molecule has 2 N–H and O–H groups in total. The summed E-state index contributed by atoms with van der Waals surface area (Å²) in [7, 11) is 0. The summed E-state index contributed by atoms with van der Waals surface area (Å²) in [4.78, 5) is 14.3. The van der Waals surface area contributed by atoms with E-state index in [9.17, 15) is 15.0 Å². The molecule has 0 unspecified atom stereocenters. The minimum absolute atomic E-state index is 0.0265. The minimum Gasteiger partial charge on any atom is -0.490 e. The fraction of sp³-hybridized carbons (Fsp3) is 0.588. The Morgan fingerprint density at radius 2 is 1.71 bits per heavy atom. The van der Waals surface area contributed by atoms with Crippen molar-refractivity contribution in [2.24, 2.45) is 5.92 Å². The first kappa shape index (κ1) is 17.8. The first-order valence-electron chi connectivity index (χ1n) is 8.20. The van der Waals surface area contributed by atoms with Crippen molar-refractivity contribution in [2.45, 2.75) is 44.0 Å². The molecular formula is C17H21Cl2NO4. The molecule has 24 heavy (non-hydrogen) atoms. The van der Waals surface area contributed by atoms with Crippen molar-refractivity contribution < 1.29 is 19.7 Å². The maximum atomic E-state index is 12.5. The van der Waals surface area contributed by atoms with E-state index in [-0.39, 0.29) is 17.9 Å². The number of hydrogen-bond acceptors (Lipinski definition) is 4. The lowest BCUT2D eigenvalue weighted by atomic mass is 10.0. The van der Waals surface area contributed by atoms with E-state index in [1.807, 2.05) is 4.90 Å². The molecule has 2 atom stereocenters. The van der Waals surface area contributed by atoms with Crippen LogP contribution in [0.5, 0.6) is 5.75 Å². The van der Waals surface area contributed by atoms with Gasteiger partial charge in [0.15, 0.2) is 0 Å². The van der Waals surface area contributed by atoms with E-state index in [2.05, 4.69) is 0 Å². The van der Waals surface area contributed by atoms with Gasteiger partial charge in [0.1, 0.15) is 11.9 Å². The van der Waals surface area contributed by atoms with Crippen LogP contribution in [0.1, 0.15) is 25.7 Å². The van der Waals surface area contributed by atoms with Gasteiger partial charge >= 0.3 is 0 Å². The Balaban J connectivity index is 1.50. The summed E-state index contributed by atoms with van der Waals surface area (Å²) in [5, 5.41) is 20.2. The summed E-state index contributed by atoms with van der Waals surface area (Å²) in [5.74, 6) is 0.428. The number of hydrogen-bond donors (Lipinski definition) is 2. The van der Waals surface area contributed by atoms with Gasteiger partial charge in [-0.1, -0.05) is 23.2 Å². The number of benzene rings is 1. The van der Waals surface area contributed by atoms with E-state index >= 15 is 0 Å². The summed E-state index contributed by atoms with van der Waals surface area (Å²) < 4.78 is 5.92. The SMILES string of the molecule is O=C(C1C[C@H](O)[C@@H](O)C1)N1CCC(Oc2ccc(Cl)c(Cl)c2)CC1. The molecule has 0 spiro atoms. The molecule has 1 saturated carbocycles. The molecule has 1 aliphatic heterocycles. The second-order valence-electron chi connectivity index (χ2n) is 6.52. The lowest BCUT2D eigenvalue weighted by Gasteiger charge is -2.33. The van der Waals surface area contributed by atoms with Crippen LogP contribution in [0, 0.1) is 5.92 Å². The van der Waals surface area contributed by atoms with Crippen molar-refractivity contribution in [3.05, 3.63) is 28.2 Å². The molecule has 0 bridgehead atoms. The Kier molecular flexibility index (Phi) is 5.55. The van der Waals surface area contributed by atoms with Crippen LogP contribution in [0.3, 0.4) is 0 Å². The Morgan fingerprint density at radius 3 is 2.29 bits per heavy atom. The van der Waals surface area contributed by atoms with E-state index in [0.717, 1.165) is 12.8 Å². The van der Waals surface area contributed by atoms with E-state index in [1.165, 1.54) is 0 Å². The van der Waals surface area contributed by atoms with E-state index in [0.29, 0.717) is 41.7 Å². The number of amides is 1. The topological polar surface area (TPSA) is 70.0 Å². The van der Waals surface area contributed by atoms with Crippen LogP contribution in [0.25, 0.3) is 0 Å². The van der Waals surface area contributed by atoms with Gasteiger partial charge in [-0.3, -0.25) is 4.79 Å². The van der Waals surface area contributed by atoms with E-state index < -0.39 is 12.2 Å². The molecule has 2 fully saturated rings. The lowest BCUT2D eigenvalue weighted by Crippen LogP contribution is -2.44. The zero-order chi connectivity index (χ0) is 17.3. The number of likely N-dealkylation sites (tertiary alicyclic amines) is 1. The standard InChI is InChI=1S/C17H21Cl2NO4/c18-13-2-1-12(9-14(13)19)24-11-3-5-20(6-4-11)17(23)10-7-15(21)16(22)8-10/h1-2,9-11,15-16,21-22H,3-8H2/t15-,16-/m0/s1.